The molecule has 2 aliphatic rings. The molecule has 0 bridgehead atoms. The van der Waals surface area contributed by atoms with Gasteiger partial charge >= 0.3 is 0 Å². The zero-order valence-electron chi connectivity index (χ0n) is 16.5. The monoisotopic (exact) mass is 370 g/mol. The second-order valence-electron chi connectivity index (χ2n) is 8.26. The Morgan fingerprint density at radius 1 is 0.964 bits per heavy atom. The summed E-state index contributed by atoms with van der Waals surface area (Å²) in [4.78, 5) is 0. The summed E-state index contributed by atoms with van der Waals surface area (Å²) >= 11 is 0. The van der Waals surface area contributed by atoms with E-state index in [9.17, 15) is 21.0 Å². The number of quaternary nitrogens is 1. The van der Waals surface area contributed by atoms with Crippen molar-refractivity contribution in [3.63, 3.8) is 0 Å². The fourth-order valence-electron chi connectivity index (χ4n) is 5.12. The first-order valence-electron chi connectivity index (χ1n) is 9.71. The normalized spacial score (nSPS) is 27.6. The van der Waals surface area contributed by atoms with Gasteiger partial charge in [0.15, 0.2) is 6.04 Å². The van der Waals surface area contributed by atoms with Gasteiger partial charge in [-0.15, -0.1) is 0 Å². The van der Waals surface area contributed by atoms with Crippen LogP contribution in [0.2, 0.25) is 0 Å². The molecule has 140 valence electrons. The number of allylic oxidation sites excluding steroid dienone is 2. The quantitative estimate of drug-likeness (QED) is 0.860. The number of nitrogens with two attached hydrogens (primary N) is 1. The highest BCUT2D eigenvalue weighted by Gasteiger charge is 2.69. The van der Waals surface area contributed by atoms with Gasteiger partial charge in [0.05, 0.1) is 24.3 Å². The fourth-order valence-corrected chi connectivity index (χ4v) is 5.12. The summed E-state index contributed by atoms with van der Waals surface area (Å²) in [6.45, 7) is 6.30. The van der Waals surface area contributed by atoms with Gasteiger partial charge < -0.3 is 5.32 Å². The SMILES string of the molecule is CC(C)[C@H]1CC[C@H](C)C2=C1[NH2+][C@@H](c1ccccc1)C(C#N)(C#N)C2(C#N)C#N. The van der Waals surface area contributed by atoms with Gasteiger partial charge in [-0.25, -0.2) is 0 Å². The van der Waals surface area contributed by atoms with Crippen molar-refractivity contribution in [2.24, 2.45) is 28.6 Å². The molecule has 3 rings (SSSR count). The lowest BCUT2D eigenvalue weighted by molar-refractivity contribution is -0.676. The Hall–Kier alpha value is -3.12. The maximum absolute atomic E-state index is 10.3. The number of benzene rings is 1. The highest BCUT2D eigenvalue weighted by Crippen LogP contribution is 2.57. The molecule has 0 saturated heterocycles. The molecule has 0 radical (unpaired) electrons. The molecule has 0 saturated carbocycles. The first kappa shape index (κ1) is 19.6. The van der Waals surface area contributed by atoms with Crippen LogP contribution in [-0.4, -0.2) is 0 Å². The fraction of sp³-hybridized carbons (Fsp3) is 0.478. The minimum absolute atomic E-state index is 0.0154. The third-order valence-corrected chi connectivity index (χ3v) is 6.57. The average molecular weight is 370 g/mol. The lowest BCUT2D eigenvalue weighted by Gasteiger charge is -2.47. The van der Waals surface area contributed by atoms with E-state index in [2.05, 4.69) is 38.1 Å². The van der Waals surface area contributed by atoms with E-state index in [0.29, 0.717) is 11.5 Å². The summed E-state index contributed by atoms with van der Waals surface area (Å²) in [6.07, 6.45) is 1.83. The molecule has 0 unspecified atom stereocenters. The van der Waals surface area contributed by atoms with Crippen molar-refractivity contribution in [3.05, 3.63) is 47.2 Å². The molecule has 1 aromatic rings. The molecule has 0 amide bonds. The number of nitrogens with zero attached hydrogens (tertiary/aromatic N) is 4. The largest absolute Gasteiger partial charge is 0.309 e. The van der Waals surface area contributed by atoms with E-state index < -0.39 is 16.9 Å². The van der Waals surface area contributed by atoms with Crippen LogP contribution in [0.5, 0.6) is 0 Å². The van der Waals surface area contributed by atoms with Crippen molar-refractivity contribution in [1.82, 2.24) is 0 Å². The lowest BCUT2D eigenvalue weighted by Crippen LogP contribution is -2.91. The zero-order valence-corrected chi connectivity index (χ0v) is 16.5. The second kappa shape index (κ2) is 7.13. The Balaban J connectivity index is 2.41. The average Bonchev–Trinajstić information content (AvgIpc) is 2.72. The third-order valence-electron chi connectivity index (χ3n) is 6.57. The highest BCUT2D eigenvalue weighted by atomic mass is 15.0. The van der Waals surface area contributed by atoms with Crippen LogP contribution in [0.3, 0.4) is 0 Å². The third kappa shape index (κ3) is 2.45. The highest BCUT2D eigenvalue weighted by molar-refractivity contribution is 5.51. The van der Waals surface area contributed by atoms with E-state index in [1.54, 1.807) is 0 Å². The van der Waals surface area contributed by atoms with Gasteiger partial charge in [0, 0.05) is 17.1 Å². The standard InChI is InChI=1S/C23H23N5/c1-15(2)18-10-9-16(3)19-20(18)28-21(17-7-5-4-6-8-17)23(13-26,14-27)22(19,11-24)12-25/h4-8,15-16,18,21,28H,9-10H2,1-3H3/p+1/t16-,18+,21-/m0/s1. The summed E-state index contributed by atoms with van der Waals surface area (Å²) in [7, 11) is 0. The van der Waals surface area contributed by atoms with Crippen molar-refractivity contribution in [2.75, 3.05) is 0 Å². The van der Waals surface area contributed by atoms with Crippen molar-refractivity contribution in [3.8, 4) is 24.3 Å². The van der Waals surface area contributed by atoms with Gasteiger partial charge in [0.25, 0.3) is 0 Å². The molecule has 1 aliphatic heterocycles. The molecule has 0 fully saturated rings. The first-order chi connectivity index (χ1) is 13.4. The zero-order chi connectivity index (χ0) is 20.5. The number of hydrogen-bond donors (Lipinski definition) is 1. The minimum Gasteiger partial charge on any atom is -0.309 e. The van der Waals surface area contributed by atoms with Crippen LogP contribution in [0.25, 0.3) is 0 Å². The van der Waals surface area contributed by atoms with E-state index in [1.165, 1.54) is 0 Å². The molecule has 28 heavy (non-hydrogen) atoms. The molecule has 3 atom stereocenters. The van der Waals surface area contributed by atoms with Gasteiger partial charge in [-0.05, 0) is 24.7 Å². The number of rotatable bonds is 2. The molecule has 5 nitrogen and oxygen atoms in total. The van der Waals surface area contributed by atoms with Crippen molar-refractivity contribution in [2.45, 2.75) is 39.7 Å². The smallest absolute Gasteiger partial charge is 0.234 e. The van der Waals surface area contributed by atoms with E-state index in [0.717, 1.165) is 24.1 Å². The van der Waals surface area contributed by atoms with Crippen molar-refractivity contribution >= 4 is 0 Å². The van der Waals surface area contributed by atoms with E-state index in [4.69, 9.17) is 0 Å². The molecule has 1 heterocycles. The van der Waals surface area contributed by atoms with Crippen LogP contribution < -0.4 is 5.32 Å². The topological polar surface area (TPSA) is 112 Å². The first-order valence-corrected chi connectivity index (χ1v) is 9.71. The molecular formula is C23H24N5+. The molecule has 1 aromatic carbocycles. The Morgan fingerprint density at radius 2 is 1.57 bits per heavy atom. The van der Waals surface area contributed by atoms with E-state index in [1.807, 2.05) is 42.6 Å². The van der Waals surface area contributed by atoms with Crippen LogP contribution in [0.4, 0.5) is 0 Å². The summed E-state index contributed by atoms with van der Waals surface area (Å²) in [5.74, 6) is 0.546. The Kier molecular flexibility index (Phi) is 5.00. The maximum atomic E-state index is 10.3. The van der Waals surface area contributed by atoms with Gasteiger partial charge in [0.2, 0.25) is 10.8 Å². The predicted octanol–water partition coefficient (Wildman–Crippen LogP) is 3.33. The van der Waals surface area contributed by atoms with Crippen LogP contribution in [-0.2, 0) is 0 Å². The molecular weight excluding hydrogens is 346 g/mol. The predicted molar refractivity (Wildman–Crippen MR) is 102 cm³/mol. The summed E-state index contributed by atoms with van der Waals surface area (Å²) in [5.41, 5.74) is -1.09. The molecule has 1 aliphatic carbocycles. The van der Waals surface area contributed by atoms with E-state index >= 15 is 0 Å². The molecule has 0 spiro atoms. The summed E-state index contributed by atoms with van der Waals surface area (Å²) in [5, 5.41) is 43.0. The van der Waals surface area contributed by atoms with Gasteiger partial charge in [-0.1, -0.05) is 51.1 Å². The van der Waals surface area contributed by atoms with Crippen molar-refractivity contribution in [1.29, 1.82) is 21.0 Å². The van der Waals surface area contributed by atoms with Crippen LogP contribution in [0.1, 0.15) is 45.2 Å². The van der Waals surface area contributed by atoms with Crippen LogP contribution >= 0.6 is 0 Å². The summed E-state index contributed by atoms with van der Waals surface area (Å²) in [6, 6.07) is 17.3. The van der Waals surface area contributed by atoms with E-state index in [-0.39, 0.29) is 11.8 Å². The number of hydrogen-bond acceptors (Lipinski definition) is 4. The molecule has 2 N–H and O–H groups in total. The van der Waals surface area contributed by atoms with Crippen LogP contribution in [0, 0.1) is 73.9 Å². The Morgan fingerprint density at radius 3 is 2.07 bits per heavy atom. The Bertz CT molecular complexity index is 933. The lowest BCUT2D eigenvalue weighted by atomic mass is 9.51. The maximum Gasteiger partial charge on any atom is 0.234 e. The summed E-state index contributed by atoms with van der Waals surface area (Å²) < 4.78 is 0. The van der Waals surface area contributed by atoms with Crippen LogP contribution in [0.15, 0.2) is 41.6 Å². The van der Waals surface area contributed by atoms with Gasteiger partial charge in [-0.3, -0.25) is 0 Å². The molecule has 5 heteroatoms. The minimum atomic E-state index is -1.79. The number of nitriles is 4. The molecule has 0 aromatic heterocycles. The van der Waals surface area contributed by atoms with Crippen molar-refractivity contribution < 1.29 is 5.32 Å². The van der Waals surface area contributed by atoms with Gasteiger partial charge in [-0.2, -0.15) is 21.0 Å². The second-order valence-corrected chi connectivity index (χ2v) is 8.26. The van der Waals surface area contributed by atoms with Gasteiger partial charge in [0.1, 0.15) is 5.70 Å². The Labute approximate surface area is 166 Å².